The van der Waals surface area contributed by atoms with E-state index < -0.39 is 12.1 Å². The lowest BCUT2D eigenvalue weighted by Gasteiger charge is -2.19. The van der Waals surface area contributed by atoms with E-state index in [1.807, 2.05) is 6.08 Å². The molecule has 380 valence electrons. The maximum absolute atomic E-state index is 12.5. The van der Waals surface area contributed by atoms with Gasteiger partial charge < -0.3 is 15.5 Å². The molecule has 0 spiro atoms. The molecule has 0 aromatic carbocycles. The summed E-state index contributed by atoms with van der Waals surface area (Å²) in [5.74, 6) is -0.0759. The molecule has 0 aliphatic heterocycles. The largest absolute Gasteiger partial charge is 0.394 e. The fourth-order valence-electron chi connectivity index (χ4n) is 8.77. The van der Waals surface area contributed by atoms with Gasteiger partial charge in [-0.05, 0) is 77.0 Å². The highest BCUT2D eigenvalue weighted by atomic mass is 16.3. The minimum Gasteiger partial charge on any atom is -0.394 e. The molecule has 4 nitrogen and oxygen atoms in total. The van der Waals surface area contributed by atoms with Crippen LogP contribution in [0.2, 0.25) is 0 Å². The average Bonchev–Trinajstić information content (AvgIpc) is 3.31. The van der Waals surface area contributed by atoms with Gasteiger partial charge in [0.2, 0.25) is 5.91 Å². The van der Waals surface area contributed by atoms with Gasteiger partial charge in [0.1, 0.15) is 0 Å². The Kier molecular flexibility index (Phi) is 54.8. The normalized spacial score (nSPS) is 13.2. The lowest BCUT2D eigenvalue weighted by molar-refractivity contribution is -0.123. The van der Waals surface area contributed by atoms with Crippen LogP contribution in [-0.4, -0.2) is 34.9 Å². The predicted molar refractivity (Wildman–Crippen MR) is 290 cm³/mol. The van der Waals surface area contributed by atoms with E-state index in [1.165, 1.54) is 238 Å². The fourth-order valence-corrected chi connectivity index (χ4v) is 8.77. The molecule has 0 radical (unpaired) electrons. The number of carbonyl (C=O) groups is 1. The van der Waals surface area contributed by atoms with E-state index in [-0.39, 0.29) is 12.5 Å². The summed E-state index contributed by atoms with van der Waals surface area (Å²) in [6.07, 6.45) is 79.6. The Morgan fingerprint density at radius 2 is 0.646 bits per heavy atom. The van der Waals surface area contributed by atoms with E-state index in [4.69, 9.17) is 0 Å². The summed E-state index contributed by atoms with van der Waals surface area (Å²) in [4.78, 5) is 12.5. The Bertz CT molecular complexity index is 1070. The van der Waals surface area contributed by atoms with Crippen molar-refractivity contribution in [2.45, 2.75) is 315 Å². The molecule has 0 aromatic rings. The molecule has 0 saturated heterocycles. The molecule has 0 heterocycles. The van der Waals surface area contributed by atoms with Gasteiger partial charge in [0.25, 0.3) is 0 Å². The van der Waals surface area contributed by atoms with Gasteiger partial charge in [-0.1, -0.05) is 280 Å². The molecule has 0 saturated carbocycles. The van der Waals surface area contributed by atoms with Crippen LogP contribution in [0.15, 0.2) is 60.8 Å². The van der Waals surface area contributed by atoms with Crippen LogP contribution in [0.5, 0.6) is 0 Å². The highest BCUT2D eigenvalue weighted by Gasteiger charge is 2.18. The van der Waals surface area contributed by atoms with Crippen LogP contribution < -0.4 is 5.32 Å². The van der Waals surface area contributed by atoms with Crippen LogP contribution in [0.4, 0.5) is 0 Å². The second-order valence-electron chi connectivity index (χ2n) is 19.7. The molecular weight excluding hydrogens is 795 g/mol. The third-order valence-corrected chi connectivity index (χ3v) is 13.2. The van der Waals surface area contributed by atoms with Gasteiger partial charge in [0.15, 0.2) is 0 Å². The zero-order chi connectivity index (χ0) is 47.0. The monoisotopic (exact) mass is 908 g/mol. The van der Waals surface area contributed by atoms with Crippen molar-refractivity contribution in [3.8, 4) is 0 Å². The summed E-state index contributed by atoms with van der Waals surface area (Å²) in [5, 5.41) is 23.1. The maximum Gasteiger partial charge on any atom is 0.220 e. The van der Waals surface area contributed by atoms with Gasteiger partial charge in [-0.15, -0.1) is 0 Å². The van der Waals surface area contributed by atoms with Gasteiger partial charge in [-0.3, -0.25) is 4.79 Å². The summed E-state index contributed by atoms with van der Waals surface area (Å²) in [7, 11) is 0. The second kappa shape index (κ2) is 56.4. The summed E-state index contributed by atoms with van der Waals surface area (Å²) in [5.41, 5.74) is 0. The van der Waals surface area contributed by atoms with E-state index >= 15 is 0 Å². The molecule has 0 aromatic heterocycles. The van der Waals surface area contributed by atoms with Crippen LogP contribution in [-0.2, 0) is 4.79 Å². The Morgan fingerprint density at radius 1 is 0.369 bits per heavy atom. The number of nitrogens with one attached hydrogen (secondary N) is 1. The molecule has 0 fully saturated rings. The number of unbranched alkanes of at least 4 members (excludes halogenated alkanes) is 38. The lowest BCUT2D eigenvalue weighted by atomic mass is 10.0. The first kappa shape index (κ1) is 63.1. The topological polar surface area (TPSA) is 69.6 Å². The number of rotatable bonds is 53. The fraction of sp³-hybridized carbons (Fsp3) is 0.820. The Morgan fingerprint density at radius 3 is 0.985 bits per heavy atom. The SMILES string of the molecule is CCCCCCCCCCC/C=C\C/C=C\CCCCCCCCCCCCCCCCCC(=O)NC(CO)C(O)/C=C/CC/C=C/CC/C=C/CCCCCCCCCCCCCC. The zero-order valence-electron chi connectivity index (χ0n) is 43.8. The molecule has 0 bridgehead atoms. The van der Waals surface area contributed by atoms with E-state index in [9.17, 15) is 15.0 Å². The van der Waals surface area contributed by atoms with Crippen molar-refractivity contribution in [2.75, 3.05) is 6.61 Å². The summed E-state index contributed by atoms with van der Waals surface area (Å²) in [6, 6.07) is -0.648. The highest BCUT2D eigenvalue weighted by Crippen LogP contribution is 2.16. The zero-order valence-corrected chi connectivity index (χ0v) is 43.8. The molecule has 0 rings (SSSR count). The lowest BCUT2D eigenvalue weighted by Crippen LogP contribution is -2.45. The first-order chi connectivity index (χ1) is 32.2. The molecule has 2 atom stereocenters. The smallest absolute Gasteiger partial charge is 0.220 e. The quantitative estimate of drug-likeness (QED) is 0.0421. The highest BCUT2D eigenvalue weighted by molar-refractivity contribution is 5.76. The third-order valence-electron chi connectivity index (χ3n) is 13.2. The number of aliphatic hydroxyl groups is 2. The maximum atomic E-state index is 12.5. The van der Waals surface area contributed by atoms with Crippen molar-refractivity contribution >= 4 is 5.91 Å². The van der Waals surface area contributed by atoms with Crippen molar-refractivity contribution in [2.24, 2.45) is 0 Å². The van der Waals surface area contributed by atoms with Crippen LogP contribution in [0.3, 0.4) is 0 Å². The Balaban J connectivity index is 3.54. The molecule has 4 heteroatoms. The van der Waals surface area contributed by atoms with Crippen molar-refractivity contribution in [1.82, 2.24) is 5.32 Å². The van der Waals surface area contributed by atoms with Gasteiger partial charge in [0, 0.05) is 6.42 Å². The molecule has 65 heavy (non-hydrogen) atoms. The van der Waals surface area contributed by atoms with E-state index in [0.717, 1.165) is 44.9 Å². The van der Waals surface area contributed by atoms with Crippen LogP contribution in [0.1, 0.15) is 303 Å². The summed E-state index contributed by atoms with van der Waals surface area (Å²) >= 11 is 0. The molecule has 1 amide bonds. The number of hydrogen-bond acceptors (Lipinski definition) is 3. The van der Waals surface area contributed by atoms with Gasteiger partial charge in [-0.2, -0.15) is 0 Å². The van der Waals surface area contributed by atoms with Gasteiger partial charge in [-0.25, -0.2) is 0 Å². The number of carbonyl (C=O) groups excluding carboxylic acids is 1. The van der Waals surface area contributed by atoms with Crippen molar-refractivity contribution in [3.05, 3.63) is 60.8 Å². The average molecular weight is 909 g/mol. The Hall–Kier alpha value is -1.91. The van der Waals surface area contributed by atoms with Crippen LogP contribution in [0, 0.1) is 0 Å². The van der Waals surface area contributed by atoms with Crippen LogP contribution >= 0.6 is 0 Å². The van der Waals surface area contributed by atoms with Crippen molar-refractivity contribution < 1.29 is 15.0 Å². The van der Waals surface area contributed by atoms with Crippen molar-refractivity contribution in [1.29, 1.82) is 0 Å². The predicted octanol–water partition coefficient (Wildman–Crippen LogP) is 19.2. The second-order valence-corrected chi connectivity index (χ2v) is 19.7. The summed E-state index contributed by atoms with van der Waals surface area (Å²) < 4.78 is 0. The van der Waals surface area contributed by atoms with Gasteiger partial charge >= 0.3 is 0 Å². The number of hydrogen-bond donors (Lipinski definition) is 3. The first-order valence-electron chi connectivity index (χ1n) is 29.0. The van der Waals surface area contributed by atoms with Crippen molar-refractivity contribution in [3.63, 3.8) is 0 Å². The minimum absolute atomic E-state index is 0.0759. The molecule has 3 N–H and O–H groups in total. The number of amides is 1. The molecule has 0 aliphatic rings. The van der Waals surface area contributed by atoms with E-state index in [1.54, 1.807) is 6.08 Å². The first-order valence-corrected chi connectivity index (χ1v) is 29.0. The molecule has 2 unspecified atom stereocenters. The van der Waals surface area contributed by atoms with Crippen LogP contribution in [0.25, 0.3) is 0 Å². The van der Waals surface area contributed by atoms with E-state index in [0.29, 0.717) is 6.42 Å². The summed E-state index contributed by atoms with van der Waals surface area (Å²) in [6.45, 7) is 4.32. The third kappa shape index (κ3) is 52.9. The molecular formula is C61H113NO3. The van der Waals surface area contributed by atoms with E-state index in [2.05, 4.69) is 67.8 Å². The minimum atomic E-state index is -0.873. The Labute approximate surface area is 406 Å². The standard InChI is InChI=1S/C61H113NO3/c1-3-5-7-9-11-13-15-17-19-21-23-25-27-28-29-30-31-32-33-34-35-37-39-41-43-45-47-49-51-53-55-57-61(65)62-59(58-63)60(64)56-54-52-50-48-46-44-42-40-38-36-26-24-22-20-18-16-14-12-10-8-6-4-2/h23,25,28-29,38,40,46,48,54,56,59-60,63-64H,3-22,24,26-27,30-37,39,41-45,47,49-53,55,57-58H2,1-2H3,(H,62,65)/b25-23-,29-28-,40-38+,48-46+,56-54+. The number of aliphatic hydroxyl groups excluding tert-OH is 2. The number of allylic oxidation sites excluding steroid dienone is 9. The molecule has 0 aliphatic carbocycles. The van der Waals surface area contributed by atoms with Gasteiger partial charge in [0.05, 0.1) is 18.8 Å².